The van der Waals surface area contributed by atoms with Crippen molar-refractivity contribution in [2.75, 3.05) is 14.1 Å². The number of hydrogen-bond acceptors (Lipinski definition) is 4. The van der Waals surface area contributed by atoms with Crippen LogP contribution in [0, 0.1) is 11.6 Å². The fourth-order valence-electron chi connectivity index (χ4n) is 2.91. The van der Waals surface area contributed by atoms with Gasteiger partial charge < -0.3 is 14.4 Å². The fourth-order valence-corrected chi connectivity index (χ4v) is 3.41. The Hall–Kier alpha value is -2.32. The van der Waals surface area contributed by atoms with Gasteiger partial charge in [0.2, 0.25) is 0 Å². The van der Waals surface area contributed by atoms with Gasteiger partial charge in [-0.2, -0.15) is 0 Å². The summed E-state index contributed by atoms with van der Waals surface area (Å²) in [6.45, 7) is 1.57. The van der Waals surface area contributed by atoms with E-state index >= 15 is 8.78 Å². The Kier molecular flexibility index (Phi) is 7.67. The van der Waals surface area contributed by atoms with Crippen LogP contribution in [0.3, 0.4) is 0 Å². The van der Waals surface area contributed by atoms with Crippen molar-refractivity contribution in [2.24, 2.45) is 0 Å². The Morgan fingerprint density at radius 1 is 0.750 bits per heavy atom. The zero-order chi connectivity index (χ0) is 23.6. The monoisotopic (exact) mass is 511 g/mol. The average molecular weight is 512 g/mol. The largest absolute Gasteiger partial charge is 0.450 e. The lowest BCUT2D eigenvalue weighted by Crippen LogP contribution is -2.25. The minimum absolute atomic E-state index is 0.00518. The number of ether oxygens (including phenoxy) is 2. The Balaban J connectivity index is 2.13. The first-order valence-electron chi connectivity index (χ1n) is 9.23. The van der Waals surface area contributed by atoms with Gasteiger partial charge >= 0.3 is 0 Å². The molecular formula is C23H17Cl2F2NO2S2. The predicted molar refractivity (Wildman–Crippen MR) is 133 cm³/mol. The highest BCUT2D eigenvalue weighted by molar-refractivity contribution is 7.80. The first kappa shape index (κ1) is 24.3. The lowest BCUT2D eigenvalue weighted by molar-refractivity contribution is 0.450. The molecule has 0 atom stereocenters. The lowest BCUT2D eigenvalue weighted by atomic mass is 9.97. The molecule has 0 aliphatic heterocycles. The van der Waals surface area contributed by atoms with E-state index in [1.165, 1.54) is 12.1 Å². The lowest BCUT2D eigenvalue weighted by Gasteiger charge is -2.18. The van der Waals surface area contributed by atoms with Crippen LogP contribution in [0.5, 0.6) is 11.5 Å². The molecule has 0 amide bonds. The number of hydrogen-bond donors (Lipinski definition) is 0. The highest BCUT2D eigenvalue weighted by Crippen LogP contribution is 2.40. The summed E-state index contributed by atoms with van der Waals surface area (Å²) in [5.74, 6) is -0.923. The van der Waals surface area contributed by atoms with Crippen molar-refractivity contribution in [1.29, 1.82) is 0 Å². The molecule has 3 rings (SSSR count). The van der Waals surface area contributed by atoms with Crippen LogP contribution in [0.25, 0.3) is 22.3 Å². The van der Waals surface area contributed by atoms with Crippen LogP contribution in [0.1, 0.15) is 6.92 Å². The molecule has 0 aliphatic rings. The van der Waals surface area contributed by atoms with E-state index in [4.69, 9.17) is 57.1 Å². The Bertz CT molecular complexity index is 1220. The van der Waals surface area contributed by atoms with Crippen molar-refractivity contribution in [1.82, 2.24) is 4.90 Å². The zero-order valence-electron chi connectivity index (χ0n) is 17.2. The molecule has 3 aromatic rings. The maximum Gasteiger partial charge on any atom is 0.264 e. The molecule has 9 heteroatoms. The highest BCUT2D eigenvalue weighted by Gasteiger charge is 2.20. The van der Waals surface area contributed by atoms with Gasteiger partial charge in [0.25, 0.3) is 5.17 Å². The van der Waals surface area contributed by atoms with E-state index in [1.807, 2.05) is 0 Å². The van der Waals surface area contributed by atoms with Crippen LogP contribution in [-0.4, -0.2) is 29.2 Å². The first-order chi connectivity index (χ1) is 15.1. The quantitative estimate of drug-likeness (QED) is 0.336. The number of halogens is 4. The number of nitrogens with zero attached hydrogens (tertiary/aromatic N) is 1. The molecule has 0 spiro atoms. The summed E-state index contributed by atoms with van der Waals surface area (Å²) in [7, 11) is 3.41. The molecule has 0 saturated carbocycles. The van der Waals surface area contributed by atoms with Gasteiger partial charge in [0.05, 0.1) is 0 Å². The normalized spacial score (nSPS) is 10.6. The average Bonchev–Trinajstić information content (AvgIpc) is 2.70. The number of rotatable bonds is 4. The summed E-state index contributed by atoms with van der Waals surface area (Å²) in [4.78, 5) is 1.57. The van der Waals surface area contributed by atoms with E-state index in [2.05, 4.69) is 0 Å². The van der Waals surface area contributed by atoms with Gasteiger partial charge in [0.15, 0.2) is 5.05 Å². The van der Waals surface area contributed by atoms with Crippen LogP contribution >= 0.6 is 47.6 Å². The van der Waals surface area contributed by atoms with Crippen molar-refractivity contribution in [3.05, 3.63) is 70.2 Å². The molecule has 3 nitrogen and oxygen atoms in total. The second-order valence-electron chi connectivity index (χ2n) is 6.95. The smallest absolute Gasteiger partial charge is 0.264 e. The summed E-state index contributed by atoms with van der Waals surface area (Å²) in [5.41, 5.74) is 0.586. The standard InChI is InChI=1S/C23H17Cl2F2NO2S2/c1-12(31)29-21-8-13(24)4-6-15(21)17-10-20(27)18(11-19(17)26)16-7-5-14(25)9-22(16)30-23(32)28(2)3/h4-11H,1-3H3. The molecule has 0 radical (unpaired) electrons. The van der Waals surface area contributed by atoms with Gasteiger partial charge in [-0.1, -0.05) is 23.2 Å². The zero-order valence-corrected chi connectivity index (χ0v) is 20.4. The molecule has 0 saturated heterocycles. The van der Waals surface area contributed by atoms with Crippen molar-refractivity contribution >= 4 is 57.9 Å². The topological polar surface area (TPSA) is 21.7 Å². The number of benzene rings is 3. The first-order valence-corrected chi connectivity index (χ1v) is 10.8. The maximum absolute atomic E-state index is 15.3. The van der Waals surface area contributed by atoms with Gasteiger partial charge in [-0.25, -0.2) is 8.78 Å². The van der Waals surface area contributed by atoms with Gasteiger partial charge in [-0.3, -0.25) is 0 Å². The van der Waals surface area contributed by atoms with E-state index in [1.54, 1.807) is 50.2 Å². The molecular weight excluding hydrogens is 495 g/mol. The van der Waals surface area contributed by atoms with Crippen molar-refractivity contribution in [3.8, 4) is 33.8 Å². The van der Waals surface area contributed by atoms with Crippen molar-refractivity contribution in [3.63, 3.8) is 0 Å². The summed E-state index contributed by atoms with van der Waals surface area (Å²) in [6.07, 6.45) is 0. The molecule has 166 valence electrons. The molecule has 0 aliphatic carbocycles. The third-order valence-corrected chi connectivity index (χ3v) is 5.34. The van der Waals surface area contributed by atoms with E-state index in [0.29, 0.717) is 21.2 Å². The Morgan fingerprint density at radius 2 is 1.19 bits per heavy atom. The van der Waals surface area contributed by atoms with E-state index in [9.17, 15) is 0 Å². The third-order valence-electron chi connectivity index (χ3n) is 4.34. The highest BCUT2D eigenvalue weighted by atomic mass is 35.5. The van der Waals surface area contributed by atoms with Crippen LogP contribution in [0.4, 0.5) is 8.78 Å². The minimum atomic E-state index is -0.677. The molecule has 0 aromatic heterocycles. The minimum Gasteiger partial charge on any atom is -0.450 e. The molecule has 0 fully saturated rings. The second-order valence-corrected chi connectivity index (χ2v) is 8.75. The Labute approximate surface area is 205 Å². The Morgan fingerprint density at radius 3 is 1.59 bits per heavy atom. The molecule has 0 unspecified atom stereocenters. The van der Waals surface area contributed by atoms with E-state index in [0.717, 1.165) is 12.1 Å². The van der Waals surface area contributed by atoms with Crippen LogP contribution < -0.4 is 9.47 Å². The molecule has 0 N–H and O–H groups in total. The van der Waals surface area contributed by atoms with Gasteiger partial charge in [-0.15, -0.1) is 0 Å². The van der Waals surface area contributed by atoms with E-state index in [-0.39, 0.29) is 32.9 Å². The van der Waals surface area contributed by atoms with Gasteiger partial charge in [0.1, 0.15) is 23.1 Å². The fraction of sp³-hybridized carbons (Fsp3) is 0.130. The molecule has 0 heterocycles. The summed E-state index contributed by atoms with van der Waals surface area (Å²) >= 11 is 22.3. The molecule has 3 aromatic carbocycles. The third kappa shape index (κ3) is 5.53. The second kappa shape index (κ2) is 10.1. The summed E-state index contributed by atoms with van der Waals surface area (Å²) in [6, 6.07) is 11.3. The van der Waals surface area contributed by atoms with Crippen LogP contribution in [0.2, 0.25) is 10.0 Å². The van der Waals surface area contributed by atoms with Gasteiger partial charge in [0, 0.05) is 65.5 Å². The maximum atomic E-state index is 15.3. The molecule has 32 heavy (non-hydrogen) atoms. The van der Waals surface area contributed by atoms with Crippen LogP contribution in [0.15, 0.2) is 48.5 Å². The van der Waals surface area contributed by atoms with Crippen molar-refractivity contribution in [2.45, 2.75) is 6.92 Å². The number of thiocarbonyl (C=S) groups is 2. The SMILES string of the molecule is CC(=S)Oc1cc(Cl)ccc1-c1cc(F)c(-c2ccc(Cl)cc2OC(=S)N(C)C)cc1F. The van der Waals surface area contributed by atoms with Gasteiger partial charge in [-0.05, 0) is 60.8 Å². The van der Waals surface area contributed by atoms with Crippen LogP contribution in [-0.2, 0) is 0 Å². The molecule has 0 bridgehead atoms. The summed E-state index contributed by atoms with van der Waals surface area (Å²) < 4.78 is 41.6. The summed E-state index contributed by atoms with van der Waals surface area (Å²) in [5, 5.41) is 1.09. The van der Waals surface area contributed by atoms with E-state index < -0.39 is 11.6 Å². The van der Waals surface area contributed by atoms with Crippen molar-refractivity contribution < 1.29 is 18.3 Å². The predicted octanol–water partition coefficient (Wildman–Crippen LogP) is 7.56.